The van der Waals surface area contributed by atoms with Gasteiger partial charge in [-0.1, -0.05) is 12.6 Å². The highest BCUT2D eigenvalue weighted by Gasteiger charge is 2.30. The van der Waals surface area contributed by atoms with Crippen LogP contribution in [-0.2, 0) is 4.79 Å². The zero-order valence-electron chi connectivity index (χ0n) is 18.3. The van der Waals surface area contributed by atoms with E-state index in [0.717, 1.165) is 17.6 Å². The van der Waals surface area contributed by atoms with E-state index in [2.05, 4.69) is 26.8 Å². The van der Waals surface area contributed by atoms with E-state index in [4.69, 9.17) is 10.7 Å². The molecule has 0 aliphatic carbocycles. The monoisotopic (exact) mass is 454 g/mol. The van der Waals surface area contributed by atoms with Crippen molar-refractivity contribution in [3.05, 3.63) is 78.9 Å². The van der Waals surface area contributed by atoms with E-state index >= 15 is 0 Å². The molecular formula is C24H22N8O2. The molecule has 0 aromatic carbocycles. The van der Waals surface area contributed by atoms with Crippen LogP contribution in [-0.4, -0.2) is 54.1 Å². The minimum absolute atomic E-state index is 0.0536. The van der Waals surface area contributed by atoms with Gasteiger partial charge in [0.05, 0.1) is 16.8 Å². The normalized spacial score (nSPS) is 15.4. The van der Waals surface area contributed by atoms with Crippen LogP contribution in [0.15, 0.2) is 67.6 Å². The van der Waals surface area contributed by atoms with Crippen LogP contribution < -0.4 is 11.1 Å². The Morgan fingerprint density at radius 3 is 2.74 bits per heavy atom. The summed E-state index contributed by atoms with van der Waals surface area (Å²) in [6, 6.07) is 10.5. The number of amides is 2. The molecule has 0 spiro atoms. The molecule has 2 amide bonds. The number of carbonyl (C=O) groups excluding carboxylic acids is 2. The molecule has 1 aliphatic rings. The molecule has 34 heavy (non-hydrogen) atoms. The fourth-order valence-corrected chi connectivity index (χ4v) is 4.15. The molecule has 5 heterocycles. The number of nitrogens with zero attached hydrogens (tertiary/aromatic N) is 6. The molecule has 1 atom stereocenters. The summed E-state index contributed by atoms with van der Waals surface area (Å²) in [5.74, 6) is 0.916. The van der Waals surface area contributed by atoms with Crippen LogP contribution in [0.2, 0.25) is 0 Å². The van der Waals surface area contributed by atoms with Crippen LogP contribution in [0.25, 0.3) is 17.0 Å². The quantitative estimate of drug-likeness (QED) is 0.443. The molecule has 10 heteroatoms. The molecule has 1 saturated heterocycles. The van der Waals surface area contributed by atoms with Crippen molar-refractivity contribution in [2.24, 2.45) is 0 Å². The van der Waals surface area contributed by atoms with Gasteiger partial charge in [-0.05, 0) is 42.8 Å². The van der Waals surface area contributed by atoms with Crippen LogP contribution in [0.3, 0.4) is 0 Å². The second-order valence-corrected chi connectivity index (χ2v) is 7.92. The predicted molar refractivity (Wildman–Crippen MR) is 127 cm³/mol. The third kappa shape index (κ3) is 3.85. The van der Waals surface area contributed by atoms with E-state index in [1.807, 2.05) is 6.07 Å². The van der Waals surface area contributed by atoms with Crippen molar-refractivity contribution in [2.75, 3.05) is 24.1 Å². The van der Waals surface area contributed by atoms with E-state index < -0.39 is 0 Å². The number of nitrogens with one attached hydrogen (secondary N) is 1. The van der Waals surface area contributed by atoms with Crippen LogP contribution >= 0.6 is 0 Å². The summed E-state index contributed by atoms with van der Waals surface area (Å²) >= 11 is 0. The van der Waals surface area contributed by atoms with E-state index in [0.29, 0.717) is 36.0 Å². The SMILES string of the molecule is C=CC(=O)N1CCC(c2nc(-c3ccc(C(=O)Nc4ccccn4)cn3)n3c(N)nccc23)C1. The number of nitrogens with two attached hydrogens (primary N) is 1. The molecule has 3 N–H and O–H groups in total. The lowest BCUT2D eigenvalue weighted by atomic mass is 10.0. The van der Waals surface area contributed by atoms with Crippen molar-refractivity contribution >= 4 is 29.1 Å². The number of imidazole rings is 1. The molecule has 0 radical (unpaired) electrons. The Hall–Kier alpha value is -4.60. The smallest absolute Gasteiger partial charge is 0.258 e. The highest BCUT2D eigenvalue weighted by molar-refractivity contribution is 6.03. The van der Waals surface area contributed by atoms with Gasteiger partial charge in [-0.3, -0.25) is 19.0 Å². The number of nitrogen functional groups attached to an aromatic ring is 1. The molecule has 170 valence electrons. The summed E-state index contributed by atoms with van der Waals surface area (Å²) in [6.45, 7) is 4.77. The number of anilines is 2. The predicted octanol–water partition coefficient (Wildman–Crippen LogP) is 2.52. The highest BCUT2D eigenvalue weighted by Crippen LogP contribution is 2.33. The first-order valence-corrected chi connectivity index (χ1v) is 10.8. The van der Waals surface area contributed by atoms with Gasteiger partial charge < -0.3 is 16.0 Å². The second-order valence-electron chi connectivity index (χ2n) is 7.92. The van der Waals surface area contributed by atoms with E-state index in [9.17, 15) is 9.59 Å². The summed E-state index contributed by atoms with van der Waals surface area (Å²) in [7, 11) is 0. The minimum atomic E-state index is -0.314. The number of rotatable bonds is 5. The maximum absolute atomic E-state index is 12.5. The molecule has 1 unspecified atom stereocenters. The summed E-state index contributed by atoms with van der Waals surface area (Å²) in [5.41, 5.74) is 8.79. The van der Waals surface area contributed by atoms with Gasteiger partial charge in [0.15, 0.2) is 5.82 Å². The van der Waals surface area contributed by atoms with Crippen molar-refractivity contribution in [1.82, 2.24) is 29.2 Å². The zero-order chi connectivity index (χ0) is 23.7. The van der Waals surface area contributed by atoms with Crippen LogP contribution in [0.1, 0.15) is 28.4 Å². The van der Waals surface area contributed by atoms with Crippen LogP contribution in [0, 0.1) is 0 Å². The zero-order valence-corrected chi connectivity index (χ0v) is 18.3. The molecule has 1 fully saturated rings. The Morgan fingerprint density at radius 1 is 1.12 bits per heavy atom. The van der Waals surface area contributed by atoms with Crippen molar-refractivity contribution < 1.29 is 9.59 Å². The van der Waals surface area contributed by atoms with Crippen LogP contribution in [0.5, 0.6) is 0 Å². The van der Waals surface area contributed by atoms with Gasteiger partial charge >= 0.3 is 0 Å². The maximum Gasteiger partial charge on any atom is 0.258 e. The van der Waals surface area contributed by atoms with Gasteiger partial charge in [-0.15, -0.1) is 0 Å². The Kier molecular flexibility index (Phi) is 5.46. The molecule has 10 nitrogen and oxygen atoms in total. The van der Waals surface area contributed by atoms with Crippen molar-refractivity contribution in [1.29, 1.82) is 0 Å². The lowest BCUT2D eigenvalue weighted by Crippen LogP contribution is -2.26. The molecule has 5 rings (SSSR count). The summed E-state index contributed by atoms with van der Waals surface area (Å²) in [5, 5.41) is 2.74. The fraction of sp³-hybridized carbons (Fsp3) is 0.167. The number of pyridine rings is 2. The van der Waals surface area contributed by atoms with Gasteiger partial charge in [0.1, 0.15) is 11.5 Å². The van der Waals surface area contributed by atoms with Gasteiger partial charge in [-0.2, -0.15) is 0 Å². The molecule has 0 saturated carbocycles. The summed E-state index contributed by atoms with van der Waals surface area (Å²) < 4.78 is 1.75. The largest absolute Gasteiger partial charge is 0.369 e. The van der Waals surface area contributed by atoms with Gasteiger partial charge in [-0.25, -0.2) is 15.0 Å². The van der Waals surface area contributed by atoms with E-state index in [1.165, 1.54) is 12.3 Å². The van der Waals surface area contributed by atoms with Gasteiger partial charge in [0.25, 0.3) is 5.91 Å². The van der Waals surface area contributed by atoms with E-state index in [-0.39, 0.29) is 23.7 Å². The highest BCUT2D eigenvalue weighted by atomic mass is 16.2. The summed E-state index contributed by atoms with van der Waals surface area (Å²) in [4.78, 5) is 44.0. The number of likely N-dealkylation sites (tertiary alicyclic amines) is 1. The Bertz CT molecular complexity index is 1380. The van der Waals surface area contributed by atoms with Gasteiger partial charge in [0, 0.05) is 37.6 Å². The standard InChI is InChI=1S/C24H22N8O2/c1-2-20(33)31-12-9-16(14-31)21-18-8-11-27-24(25)32(18)22(30-21)17-7-6-15(13-28-17)23(34)29-19-5-3-4-10-26-19/h2-8,10-11,13,16H,1,9,12,14H2,(H2,25,27)(H,26,29,34). The first-order valence-electron chi connectivity index (χ1n) is 10.8. The lowest BCUT2D eigenvalue weighted by Gasteiger charge is -2.13. The van der Waals surface area contributed by atoms with Crippen molar-refractivity contribution in [3.8, 4) is 11.5 Å². The number of fused-ring (bicyclic) bond motifs is 1. The third-order valence-electron chi connectivity index (χ3n) is 5.83. The van der Waals surface area contributed by atoms with Crippen molar-refractivity contribution in [3.63, 3.8) is 0 Å². The molecular weight excluding hydrogens is 432 g/mol. The number of hydrogen-bond donors (Lipinski definition) is 2. The summed E-state index contributed by atoms with van der Waals surface area (Å²) in [6.07, 6.45) is 6.85. The molecule has 4 aromatic rings. The molecule has 1 aliphatic heterocycles. The average Bonchev–Trinajstić information content (AvgIpc) is 3.50. The maximum atomic E-state index is 12.5. The first kappa shape index (κ1) is 21.3. The minimum Gasteiger partial charge on any atom is -0.369 e. The number of hydrogen-bond acceptors (Lipinski definition) is 7. The Morgan fingerprint density at radius 2 is 2.00 bits per heavy atom. The van der Waals surface area contributed by atoms with Gasteiger partial charge in [0.2, 0.25) is 11.9 Å². The molecule has 0 bridgehead atoms. The topological polar surface area (TPSA) is 131 Å². The Balaban J connectivity index is 1.46. The lowest BCUT2D eigenvalue weighted by molar-refractivity contribution is -0.125. The fourth-order valence-electron chi connectivity index (χ4n) is 4.15. The Labute approximate surface area is 195 Å². The third-order valence-corrected chi connectivity index (χ3v) is 5.83. The van der Waals surface area contributed by atoms with Crippen molar-refractivity contribution in [2.45, 2.75) is 12.3 Å². The molecule has 4 aromatic heterocycles. The second kappa shape index (κ2) is 8.74. The first-order chi connectivity index (χ1) is 16.5. The number of carbonyl (C=O) groups is 2. The van der Waals surface area contributed by atoms with E-state index in [1.54, 1.807) is 52.0 Å². The average molecular weight is 454 g/mol. The number of aromatic nitrogens is 5. The van der Waals surface area contributed by atoms with Crippen LogP contribution in [0.4, 0.5) is 11.8 Å².